The van der Waals surface area contributed by atoms with Gasteiger partial charge in [-0.15, -0.1) is 0 Å². The number of benzene rings is 2. The topological polar surface area (TPSA) is 35.5 Å². The van der Waals surface area contributed by atoms with E-state index in [4.69, 9.17) is 9.47 Å². The molecule has 0 spiro atoms. The number of hydrogen-bond donors (Lipinski definition) is 0. The maximum Gasteiger partial charge on any atom is 0.310 e. The van der Waals surface area contributed by atoms with Gasteiger partial charge >= 0.3 is 5.97 Å². The van der Waals surface area contributed by atoms with Gasteiger partial charge in [-0.2, -0.15) is 0 Å². The molecular weight excluding hydrogens is 324 g/mol. The van der Waals surface area contributed by atoms with Crippen LogP contribution in [0.2, 0.25) is 0 Å². The van der Waals surface area contributed by atoms with E-state index in [0.29, 0.717) is 6.61 Å². The Bertz CT molecular complexity index is 701. The van der Waals surface area contributed by atoms with Crippen molar-refractivity contribution in [2.45, 2.75) is 40.0 Å². The first kappa shape index (κ1) is 20.0. The van der Waals surface area contributed by atoms with Crippen LogP contribution in [0, 0.1) is 11.3 Å². The summed E-state index contributed by atoms with van der Waals surface area (Å²) in [6.45, 7) is 8.54. The zero-order valence-electron chi connectivity index (χ0n) is 16.5. The van der Waals surface area contributed by atoms with Crippen molar-refractivity contribution in [1.29, 1.82) is 0 Å². The van der Waals surface area contributed by atoms with Gasteiger partial charge < -0.3 is 9.47 Å². The normalized spacial score (nSPS) is 13.7. The minimum atomic E-state index is -0.279. The molecule has 2 aromatic rings. The molecule has 0 aliphatic rings. The van der Waals surface area contributed by atoms with Gasteiger partial charge in [0.05, 0.1) is 19.6 Å². The molecule has 2 rings (SSSR count). The molecule has 0 bridgehead atoms. The molecule has 0 aliphatic heterocycles. The third-order valence-electron chi connectivity index (χ3n) is 4.71. The van der Waals surface area contributed by atoms with E-state index in [2.05, 4.69) is 39.0 Å². The van der Waals surface area contributed by atoms with E-state index in [0.717, 1.165) is 17.7 Å². The molecule has 140 valence electrons. The lowest BCUT2D eigenvalue weighted by atomic mass is 9.68. The Hall–Kier alpha value is -2.29. The molecule has 0 amide bonds. The molecular formula is C23H30O3. The van der Waals surface area contributed by atoms with Crippen molar-refractivity contribution in [1.82, 2.24) is 0 Å². The number of hydrogen-bond acceptors (Lipinski definition) is 3. The lowest BCUT2D eigenvalue weighted by Crippen LogP contribution is -2.36. The van der Waals surface area contributed by atoms with Crippen molar-refractivity contribution < 1.29 is 14.3 Å². The Morgan fingerprint density at radius 3 is 2.19 bits per heavy atom. The van der Waals surface area contributed by atoms with Crippen molar-refractivity contribution in [3.8, 4) is 5.75 Å². The molecule has 0 saturated heterocycles. The standard InChI is InChI=1S/C23H30O3/c1-6-26-22(24)21(23(2,3)4)19(16-17-12-8-7-9-13-17)18-14-10-11-15-20(18)25-5/h7-15,19,21H,6,16H2,1-5H3. The number of ether oxygens (including phenoxy) is 2. The summed E-state index contributed by atoms with van der Waals surface area (Å²) < 4.78 is 11.1. The maximum absolute atomic E-state index is 12.9. The van der Waals surface area contributed by atoms with Crippen molar-refractivity contribution in [3.63, 3.8) is 0 Å². The van der Waals surface area contributed by atoms with Crippen LogP contribution >= 0.6 is 0 Å². The van der Waals surface area contributed by atoms with Gasteiger partial charge in [0.15, 0.2) is 0 Å². The first-order valence-electron chi connectivity index (χ1n) is 9.22. The monoisotopic (exact) mass is 354 g/mol. The molecule has 0 fully saturated rings. The van der Waals surface area contributed by atoms with Crippen LogP contribution in [-0.2, 0) is 16.0 Å². The molecule has 2 aromatic carbocycles. The number of esters is 1. The van der Waals surface area contributed by atoms with Gasteiger partial charge in [-0.25, -0.2) is 0 Å². The number of rotatable bonds is 7. The Morgan fingerprint density at radius 2 is 1.62 bits per heavy atom. The third kappa shape index (κ3) is 4.87. The highest BCUT2D eigenvalue weighted by Gasteiger charge is 2.40. The molecule has 26 heavy (non-hydrogen) atoms. The van der Waals surface area contributed by atoms with Crippen molar-refractivity contribution in [2.75, 3.05) is 13.7 Å². The number of carbonyl (C=O) groups is 1. The van der Waals surface area contributed by atoms with Crippen LogP contribution in [0.15, 0.2) is 54.6 Å². The SMILES string of the molecule is CCOC(=O)C(C(Cc1ccccc1)c1ccccc1OC)C(C)(C)C. The highest BCUT2D eigenvalue weighted by Crippen LogP contribution is 2.43. The number of methoxy groups -OCH3 is 1. The lowest BCUT2D eigenvalue weighted by Gasteiger charge is -2.36. The summed E-state index contributed by atoms with van der Waals surface area (Å²) in [6, 6.07) is 18.3. The Morgan fingerprint density at radius 1 is 1.00 bits per heavy atom. The first-order valence-corrected chi connectivity index (χ1v) is 9.22. The zero-order valence-corrected chi connectivity index (χ0v) is 16.5. The maximum atomic E-state index is 12.9. The Labute approximate surface area is 157 Å². The highest BCUT2D eigenvalue weighted by atomic mass is 16.5. The van der Waals surface area contributed by atoms with Crippen LogP contribution in [0.5, 0.6) is 5.75 Å². The lowest BCUT2D eigenvalue weighted by molar-refractivity contribution is -0.153. The average molecular weight is 354 g/mol. The van der Waals surface area contributed by atoms with Gasteiger partial charge in [0.2, 0.25) is 0 Å². The molecule has 0 N–H and O–H groups in total. The van der Waals surface area contributed by atoms with E-state index in [-0.39, 0.29) is 23.2 Å². The van der Waals surface area contributed by atoms with Crippen molar-refractivity contribution in [2.24, 2.45) is 11.3 Å². The molecule has 2 unspecified atom stereocenters. The van der Waals surface area contributed by atoms with E-state index < -0.39 is 0 Å². The first-order chi connectivity index (χ1) is 12.4. The van der Waals surface area contributed by atoms with Gasteiger partial charge in [-0.05, 0) is 36.0 Å². The van der Waals surface area contributed by atoms with Crippen molar-refractivity contribution >= 4 is 5.97 Å². The molecule has 3 nitrogen and oxygen atoms in total. The smallest absolute Gasteiger partial charge is 0.310 e. The zero-order chi connectivity index (χ0) is 19.2. The van der Waals surface area contributed by atoms with Gasteiger partial charge in [-0.1, -0.05) is 69.3 Å². The Kier molecular flexibility index (Phi) is 6.84. The van der Waals surface area contributed by atoms with Crippen LogP contribution in [0.4, 0.5) is 0 Å². The second-order valence-electron chi connectivity index (χ2n) is 7.63. The number of carbonyl (C=O) groups excluding carboxylic acids is 1. The summed E-state index contributed by atoms with van der Waals surface area (Å²) in [6.07, 6.45) is 0.752. The number of para-hydroxylation sites is 1. The average Bonchev–Trinajstić information content (AvgIpc) is 2.61. The summed E-state index contributed by atoms with van der Waals surface area (Å²) in [7, 11) is 1.68. The molecule has 3 heteroatoms. The van der Waals surface area contributed by atoms with Crippen LogP contribution in [0.1, 0.15) is 44.7 Å². The summed E-state index contributed by atoms with van der Waals surface area (Å²) >= 11 is 0. The van der Waals surface area contributed by atoms with Crippen LogP contribution in [0.25, 0.3) is 0 Å². The minimum Gasteiger partial charge on any atom is -0.496 e. The van der Waals surface area contributed by atoms with E-state index in [1.165, 1.54) is 5.56 Å². The fourth-order valence-corrected chi connectivity index (χ4v) is 3.60. The molecule has 0 aromatic heterocycles. The molecule has 2 atom stereocenters. The highest BCUT2D eigenvalue weighted by molar-refractivity contribution is 5.75. The second-order valence-corrected chi connectivity index (χ2v) is 7.63. The molecule has 0 heterocycles. The van der Waals surface area contributed by atoms with E-state index >= 15 is 0 Å². The Balaban J connectivity index is 2.55. The third-order valence-corrected chi connectivity index (χ3v) is 4.71. The summed E-state index contributed by atoms with van der Waals surface area (Å²) in [5.41, 5.74) is 2.00. The summed E-state index contributed by atoms with van der Waals surface area (Å²) in [5, 5.41) is 0. The second kappa shape index (κ2) is 8.88. The van der Waals surface area contributed by atoms with Gasteiger partial charge in [0.25, 0.3) is 0 Å². The predicted octanol–water partition coefficient (Wildman–Crippen LogP) is 5.25. The van der Waals surface area contributed by atoms with Crippen LogP contribution in [-0.4, -0.2) is 19.7 Å². The van der Waals surface area contributed by atoms with Gasteiger partial charge in [-0.3, -0.25) is 4.79 Å². The molecule has 0 saturated carbocycles. The van der Waals surface area contributed by atoms with E-state index in [9.17, 15) is 4.79 Å². The molecule has 0 aliphatic carbocycles. The predicted molar refractivity (Wildman–Crippen MR) is 105 cm³/mol. The fraction of sp³-hybridized carbons (Fsp3) is 0.435. The fourth-order valence-electron chi connectivity index (χ4n) is 3.60. The van der Waals surface area contributed by atoms with Gasteiger partial charge in [0.1, 0.15) is 5.75 Å². The van der Waals surface area contributed by atoms with Crippen LogP contribution in [0.3, 0.4) is 0 Å². The quantitative estimate of drug-likeness (QED) is 0.637. The van der Waals surface area contributed by atoms with Gasteiger partial charge in [0, 0.05) is 5.92 Å². The van der Waals surface area contributed by atoms with E-state index in [1.54, 1.807) is 7.11 Å². The largest absolute Gasteiger partial charge is 0.496 e. The van der Waals surface area contributed by atoms with Crippen molar-refractivity contribution in [3.05, 3.63) is 65.7 Å². The van der Waals surface area contributed by atoms with Crippen LogP contribution < -0.4 is 4.74 Å². The van der Waals surface area contributed by atoms with E-state index in [1.807, 2.05) is 43.3 Å². The molecule has 0 radical (unpaired) electrons. The minimum absolute atomic E-state index is 0.0346. The summed E-state index contributed by atoms with van der Waals surface area (Å²) in [4.78, 5) is 12.9. The summed E-state index contributed by atoms with van der Waals surface area (Å²) in [5.74, 6) is 0.352.